The van der Waals surface area contributed by atoms with Gasteiger partial charge in [0.05, 0.1) is 0 Å². The van der Waals surface area contributed by atoms with Crippen molar-refractivity contribution >= 4 is 17.8 Å². The highest BCUT2D eigenvalue weighted by atomic mass is 16.2. The fraction of sp³-hybridized carbons (Fsp3) is 0.824. The van der Waals surface area contributed by atoms with E-state index in [1.54, 1.807) is 6.92 Å². The minimum atomic E-state index is -0.806. The average Bonchev–Trinajstić information content (AvgIpc) is 3.35. The zero-order valence-electron chi connectivity index (χ0n) is 14.3. The highest BCUT2D eigenvalue weighted by Crippen LogP contribution is 2.42. The minimum absolute atomic E-state index is 0.100. The molecule has 6 heteroatoms. The van der Waals surface area contributed by atoms with Crippen LogP contribution in [-0.4, -0.2) is 52.3 Å². The molecule has 0 radical (unpaired) electrons. The predicted octanol–water partition coefficient (Wildman–Crippen LogP) is 1.74. The number of amides is 4. The van der Waals surface area contributed by atoms with Gasteiger partial charge in [-0.3, -0.25) is 14.5 Å². The van der Waals surface area contributed by atoms with Gasteiger partial charge in [-0.2, -0.15) is 0 Å². The summed E-state index contributed by atoms with van der Waals surface area (Å²) in [5.74, 6) is 0.410. The Morgan fingerprint density at radius 1 is 1.30 bits per heavy atom. The van der Waals surface area contributed by atoms with Crippen LogP contribution in [0.15, 0.2) is 0 Å². The van der Waals surface area contributed by atoms with E-state index >= 15 is 0 Å². The third-order valence-electron chi connectivity index (χ3n) is 5.24. The summed E-state index contributed by atoms with van der Waals surface area (Å²) in [5, 5.41) is 2.80. The van der Waals surface area contributed by atoms with Gasteiger partial charge in [0.25, 0.3) is 5.91 Å². The van der Waals surface area contributed by atoms with Crippen LogP contribution in [0.5, 0.6) is 0 Å². The van der Waals surface area contributed by atoms with E-state index < -0.39 is 11.6 Å². The summed E-state index contributed by atoms with van der Waals surface area (Å²) >= 11 is 0. The number of hydrogen-bond donors (Lipinski definition) is 1. The lowest BCUT2D eigenvalue weighted by molar-refractivity contribution is -0.139. The first-order valence-corrected chi connectivity index (χ1v) is 8.76. The zero-order valence-corrected chi connectivity index (χ0v) is 14.3. The molecule has 1 saturated heterocycles. The summed E-state index contributed by atoms with van der Waals surface area (Å²) in [7, 11) is 0. The smallest absolute Gasteiger partial charge is 0.325 e. The van der Waals surface area contributed by atoms with Gasteiger partial charge < -0.3 is 10.2 Å². The first-order chi connectivity index (χ1) is 10.8. The first-order valence-electron chi connectivity index (χ1n) is 8.76. The molecule has 1 unspecified atom stereocenters. The molecule has 1 atom stereocenters. The van der Waals surface area contributed by atoms with Gasteiger partial charge in [0, 0.05) is 12.6 Å². The summed E-state index contributed by atoms with van der Waals surface area (Å²) in [6.45, 7) is 6.64. The number of nitrogens with one attached hydrogen (secondary N) is 1. The van der Waals surface area contributed by atoms with Crippen LogP contribution in [0, 0.1) is 11.8 Å². The van der Waals surface area contributed by atoms with Crippen LogP contribution in [0.4, 0.5) is 4.79 Å². The van der Waals surface area contributed by atoms with Crippen molar-refractivity contribution in [2.75, 3.05) is 13.1 Å². The fourth-order valence-corrected chi connectivity index (χ4v) is 3.32. The lowest BCUT2D eigenvalue weighted by Gasteiger charge is -2.26. The molecule has 1 N–H and O–H groups in total. The highest BCUT2D eigenvalue weighted by Gasteiger charge is 2.56. The molecule has 1 heterocycles. The van der Waals surface area contributed by atoms with Gasteiger partial charge in [-0.15, -0.1) is 0 Å². The summed E-state index contributed by atoms with van der Waals surface area (Å²) in [4.78, 5) is 40.4. The van der Waals surface area contributed by atoms with Gasteiger partial charge >= 0.3 is 6.03 Å². The standard InChI is InChI=1S/C17H27N3O3/c1-11(2)8-9-19(13-6-7-13)14(21)10-20-15(22)17(3,12-4-5-12)18-16(20)23/h11-13H,4-10H2,1-3H3,(H,18,23). The Morgan fingerprint density at radius 2 is 1.96 bits per heavy atom. The normalized spacial score (nSPS) is 27.6. The number of urea groups is 1. The Kier molecular flexibility index (Phi) is 4.10. The topological polar surface area (TPSA) is 69.7 Å². The number of carbonyl (C=O) groups excluding carboxylic acids is 3. The number of imide groups is 1. The van der Waals surface area contributed by atoms with Gasteiger partial charge in [0.2, 0.25) is 5.91 Å². The maximum Gasteiger partial charge on any atom is 0.325 e. The molecule has 1 aliphatic heterocycles. The minimum Gasteiger partial charge on any atom is -0.338 e. The van der Waals surface area contributed by atoms with Crippen molar-refractivity contribution in [2.24, 2.45) is 11.8 Å². The molecule has 3 fully saturated rings. The van der Waals surface area contributed by atoms with Gasteiger partial charge in [-0.1, -0.05) is 13.8 Å². The molecule has 0 aromatic carbocycles. The van der Waals surface area contributed by atoms with E-state index in [4.69, 9.17) is 0 Å². The van der Waals surface area contributed by atoms with Crippen LogP contribution < -0.4 is 5.32 Å². The summed E-state index contributed by atoms with van der Waals surface area (Å²) in [5.41, 5.74) is -0.806. The van der Waals surface area contributed by atoms with E-state index in [1.807, 2.05) is 4.90 Å². The van der Waals surface area contributed by atoms with Gasteiger partial charge in [0.1, 0.15) is 12.1 Å². The van der Waals surface area contributed by atoms with Crippen LogP contribution in [0.25, 0.3) is 0 Å². The predicted molar refractivity (Wildman–Crippen MR) is 85.6 cm³/mol. The van der Waals surface area contributed by atoms with Crippen LogP contribution in [-0.2, 0) is 9.59 Å². The fourth-order valence-electron chi connectivity index (χ4n) is 3.32. The molecule has 4 amide bonds. The molecule has 0 spiro atoms. The Hall–Kier alpha value is -1.59. The summed E-state index contributed by atoms with van der Waals surface area (Å²) in [6.07, 6.45) is 4.94. The third-order valence-corrected chi connectivity index (χ3v) is 5.24. The van der Waals surface area contributed by atoms with Crippen LogP contribution >= 0.6 is 0 Å². The maximum atomic E-state index is 12.6. The third kappa shape index (κ3) is 3.21. The van der Waals surface area contributed by atoms with Gasteiger partial charge in [0.15, 0.2) is 0 Å². The van der Waals surface area contributed by atoms with E-state index in [2.05, 4.69) is 19.2 Å². The van der Waals surface area contributed by atoms with Gasteiger partial charge in [-0.25, -0.2) is 4.79 Å². The van der Waals surface area contributed by atoms with Crippen molar-refractivity contribution in [3.63, 3.8) is 0 Å². The quantitative estimate of drug-likeness (QED) is 0.726. The molecule has 0 aromatic heterocycles. The number of hydrogen-bond acceptors (Lipinski definition) is 3. The van der Waals surface area contributed by atoms with E-state index in [-0.39, 0.29) is 24.3 Å². The Balaban J connectivity index is 1.64. The molecule has 2 aliphatic carbocycles. The molecule has 23 heavy (non-hydrogen) atoms. The van der Waals surface area contributed by atoms with E-state index in [1.165, 1.54) is 0 Å². The first kappa shape index (κ1) is 16.3. The number of nitrogens with zero attached hydrogens (tertiary/aromatic N) is 2. The van der Waals surface area contributed by atoms with E-state index in [0.717, 1.165) is 37.0 Å². The Labute approximate surface area is 137 Å². The van der Waals surface area contributed by atoms with Crippen LogP contribution in [0.2, 0.25) is 0 Å². The van der Waals surface area contributed by atoms with E-state index in [0.29, 0.717) is 18.5 Å². The van der Waals surface area contributed by atoms with E-state index in [9.17, 15) is 14.4 Å². The van der Waals surface area contributed by atoms with Crippen molar-refractivity contribution in [3.05, 3.63) is 0 Å². The number of carbonyl (C=O) groups is 3. The van der Waals surface area contributed by atoms with Crippen molar-refractivity contribution in [1.29, 1.82) is 0 Å². The Morgan fingerprint density at radius 3 is 2.48 bits per heavy atom. The second kappa shape index (κ2) is 5.80. The lowest BCUT2D eigenvalue weighted by atomic mass is 9.96. The molecular formula is C17H27N3O3. The SMILES string of the molecule is CC(C)CCN(C(=O)CN1C(=O)NC(C)(C2CC2)C1=O)C1CC1. The molecule has 6 nitrogen and oxygen atoms in total. The second-order valence-corrected chi connectivity index (χ2v) is 7.80. The van der Waals surface area contributed by atoms with Crippen molar-refractivity contribution in [2.45, 2.75) is 64.5 Å². The second-order valence-electron chi connectivity index (χ2n) is 7.80. The van der Waals surface area contributed by atoms with Gasteiger partial charge in [-0.05, 0) is 50.9 Å². The maximum absolute atomic E-state index is 12.6. The average molecular weight is 321 g/mol. The summed E-state index contributed by atoms with van der Waals surface area (Å²) < 4.78 is 0. The molecular weight excluding hydrogens is 294 g/mol. The summed E-state index contributed by atoms with van der Waals surface area (Å²) in [6, 6.07) is -0.116. The zero-order chi connectivity index (χ0) is 16.8. The van der Waals surface area contributed by atoms with Crippen LogP contribution in [0.1, 0.15) is 52.9 Å². The van der Waals surface area contributed by atoms with Crippen molar-refractivity contribution in [1.82, 2.24) is 15.1 Å². The lowest BCUT2D eigenvalue weighted by Crippen LogP contribution is -2.47. The van der Waals surface area contributed by atoms with Crippen LogP contribution in [0.3, 0.4) is 0 Å². The molecule has 0 bridgehead atoms. The number of rotatable bonds is 7. The van der Waals surface area contributed by atoms with Crippen molar-refractivity contribution in [3.8, 4) is 0 Å². The molecule has 128 valence electrons. The highest BCUT2D eigenvalue weighted by molar-refractivity contribution is 6.09. The molecule has 3 rings (SSSR count). The van der Waals surface area contributed by atoms with Crippen molar-refractivity contribution < 1.29 is 14.4 Å². The molecule has 2 saturated carbocycles. The molecule has 0 aromatic rings. The largest absolute Gasteiger partial charge is 0.338 e. The monoisotopic (exact) mass is 321 g/mol. The Bertz CT molecular complexity index is 525. The molecule has 3 aliphatic rings.